The molecule has 1 aliphatic heterocycles. The van der Waals surface area contributed by atoms with Gasteiger partial charge >= 0.3 is 0 Å². The molecule has 1 aromatic rings. The topological polar surface area (TPSA) is 91.3 Å². The van der Waals surface area contributed by atoms with Crippen molar-refractivity contribution < 1.29 is 14.7 Å². The molecule has 0 saturated carbocycles. The summed E-state index contributed by atoms with van der Waals surface area (Å²) in [4.78, 5) is 27.3. The van der Waals surface area contributed by atoms with E-state index < -0.39 is 0 Å². The molecule has 1 aromatic heterocycles. The standard InChI is InChI=1S/C14H15N3O3/c18-7-2-1-4-10-5-3-6-15-13(10)14(20)17-11-8-12(19)16-9-11/h3,5-6,11,18H,2,7-9H2,(H,16,19)(H,17,20). The summed E-state index contributed by atoms with van der Waals surface area (Å²) in [6.07, 6.45) is 2.14. The number of amides is 2. The molecule has 2 amide bonds. The molecule has 0 aliphatic carbocycles. The molecule has 2 heterocycles. The Bertz CT molecular complexity index is 575. The maximum Gasteiger partial charge on any atom is 0.271 e. The number of hydrogen-bond donors (Lipinski definition) is 3. The molecule has 1 unspecified atom stereocenters. The minimum atomic E-state index is -0.347. The van der Waals surface area contributed by atoms with Crippen LogP contribution in [0.3, 0.4) is 0 Å². The summed E-state index contributed by atoms with van der Waals surface area (Å²) in [5, 5.41) is 14.1. The third-order valence-electron chi connectivity index (χ3n) is 2.80. The van der Waals surface area contributed by atoms with Gasteiger partial charge in [0.05, 0.1) is 18.2 Å². The summed E-state index contributed by atoms with van der Waals surface area (Å²) < 4.78 is 0. The molecule has 1 aliphatic rings. The van der Waals surface area contributed by atoms with Gasteiger partial charge in [-0.2, -0.15) is 0 Å². The van der Waals surface area contributed by atoms with E-state index in [4.69, 9.17) is 5.11 Å². The summed E-state index contributed by atoms with van der Waals surface area (Å²) in [5.74, 6) is 5.16. The highest BCUT2D eigenvalue weighted by atomic mass is 16.2. The number of nitrogens with one attached hydrogen (secondary N) is 2. The molecule has 2 rings (SSSR count). The van der Waals surface area contributed by atoms with Gasteiger partial charge in [0, 0.05) is 25.6 Å². The zero-order valence-electron chi connectivity index (χ0n) is 10.8. The van der Waals surface area contributed by atoms with Gasteiger partial charge in [0.15, 0.2) is 0 Å². The molecule has 0 aromatic carbocycles. The fraction of sp³-hybridized carbons (Fsp3) is 0.357. The van der Waals surface area contributed by atoms with Gasteiger partial charge in [-0.1, -0.05) is 11.8 Å². The van der Waals surface area contributed by atoms with Gasteiger partial charge in [-0.25, -0.2) is 4.98 Å². The first kappa shape index (κ1) is 14.0. The van der Waals surface area contributed by atoms with Crippen molar-refractivity contribution in [2.24, 2.45) is 0 Å². The Labute approximate surface area is 116 Å². The van der Waals surface area contributed by atoms with Gasteiger partial charge in [-0.15, -0.1) is 0 Å². The van der Waals surface area contributed by atoms with Crippen molar-refractivity contribution in [1.82, 2.24) is 15.6 Å². The highest BCUT2D eigenvalue weighted by Gasteiger charge is 2.24. The Balaban J connectivity index is 2.09. The lowest BCUT2D eigenvalue weighted by Crippen LogP contribution is -2.37. The van der Waals surface area contributed by atoms with E-state index in [1.807, 2.05) is 0 Å². The van der Waals surface area contributed by atoms with Crippen LogP contribution in [0, 0.1) is 11.8 Å². The molecule has 1 saturated heterocycles. The second-order valence-electron chi connectivity index (χ2n) is 4.35. The first-order valence-electron chi connectivity index (χ1n) is 6.33. The average Bonchev–Trinajstić information content (AvgIpc) is 2.85. The first-order valence-corrected chi connectivity index (χ1v) is 6.33. The third-order valence-corrected chi connectivity index (χ3v) is 2.80. The van der Waals surface area contributed by atoms with Crippen molar-refractivity contribution >= 4 is 11.8 Å². The van der Waals surface area contributed by atoms with E-state index in [1.165, 1.54) is 6.20 Å². The Morgan fingerprint density at radius 1 is 1.60 bits per heavy atom. The summed E-state index contributed by atoms with van der Waals surface area (Å²) in [7, 11) is 0. The van der Waals surface area contributed by atoms with Crippen molar-refractivity contribution in [3.8, 4) is 11.8 Å². The normalized spacial score (nSPS) is 17.1. The second-order valence-corrected chi connectivity index (χ2v) is 4.35. The van der Waals surface area contributed by atoms with E-state index in [0.29, 0.717) is 18.5 Å². The van der Waals surface area contributed by atoms with Gasteiger partial charge in [0.25, 0.3) is 5.91 Å². The lowest BCUT2D eigenvalue weighted by atomic mass is 10.1. The van der Waals surface area contributed by atoms with Crippen LogP contribution in [0.2, 0.25) is 0 Å². The lowest BCUT2D eigenvalue weighted by molar-refractivity contribution is -0.119. The fourth-order valence-electron chi connectivity index (χ4n) is 1.86. The minimum Gasteiger partial charge on any atom is -0.395 e. The summed E-state index contributed by atoms with van der Waals surface area (Å²) >= 11 is 0. The molecule has 6 nitrogen and oxygen atoms in total. The molecule has 104 valence electrons. The largest absolute Gasteiger partial charge is 0.395 e. The molecule has 1 fully saturated rings. The van der Waals surface area contributed by atoms with E-state index in [1.54, 1.807) is 12.1 Å². The monoisotopic (exact) mass is 273 g/mol. The van der Waals surface area contributed by atoms with E-state index in [2.05, 4.69) is 27.5 Å². The predicted octanol–water partition coefficient (Wildman–Crippen LogP) is -0.566. The van der Waals surface area contributed by atoms with Crippen molar-refractivity contribution in [2.45, 2.75) is 18.9 Å². The van der Waals surface area contributed by atoms with Crippen molar-refractivity contribution in [1.29, 1.82) is 0 Å². The maximum atomic E-state index is 12.1. The summed E-state index contributed by atoms with van der Waals surface area (Å²) in [6, 6.07) is 3.18. The van der Waals surface area contributed by atoms with Gasteiger partial charge < -0.3 is 15.7 Å². The number of aliphatic hydroxyl groups excluding tert-OH is 1. The maximum absolute atomic E-state index is 12.1. The predicted molar refractivity (Wildman–Crippen MR) is 71.7 cm³/mol. The third kappa shape index (κ3) is 3.56. The Kier molecular flexibility index (Phi) is 4.69. The van der Waals surface area contributed by atoms with Crippen LogP contribution < -0.4 is 10.6 Å². The van der Waals surface area contributed by atoms with E-state index >= 15 is 0 Å². The Morgan fingerprint density at radius 3 is 3.15 bits per heavy atom. The fourth-order valence-corrected chi connectivity index (χ4v) is 1.86. The summed E-state index contributed by atoms with van der Waals surface area (Å²) in [5.41, 5.74) is 0.744. The highest BCUT2D eigenvalue weighted by Crippen LogP contribution is 2.06. The first-order chi connectivity index (χ1) is 9.70. The van der Waals surface area contributed by atoms with Crippen LogP contribution in [0.1, 0.15) is 28.9 Å². The average molecular weight is 273 g/mol. The van der Waals surface area contributed by atoms with Crippen LogP contribution in [-0.4, -0.2) is 41.1 Å². The number of rotatable bonds is 3. The number of aliphatic hydroxyl groups is 1. The van der Waals surface area contributed by atoms with Crippen LogP contribution in [-0.2, 0) is 4.79 Å². The molecule has 3 N–H and O–H groups in total. The lowest BCUT2D eigenvalue weighted by Gasteiger charge is -2.10. The molecule has 0 radical (unpaired) electrons. The Morgan fingerprint density at radius 2 is 2.45 bits per heavy atom. The van der Waals surface area contributed by atoms with Crippen molar-refractivity contribution in [3.05, 3.63) is 29.6 Å². The highest BCUT2D eigenvalue weighted by molar-refractivity contribution is 5.95. The van der Waals surface area contributed by atoms with Crippen LogP contribution in [0.25, 0.3) is 0 Å². The van der Waals surface area contributed by atoms with Crippen LogP contribution in [0.15, 0.2) is 18.3 Å². The van der Waals surface area contributed by atoms with Crippen molar-refractivity contribution in [2.75, 3.05) is 13.2 Å². The van der Waals surface area contributed by atoms with Crippen LogP contribution in [0.4, 0.5) is 0 Å². The number of nitrogens with zero attached hydrogens (tertiary/aromatic N) is 1. The number of pyridine rings is 1. The van der Waals surface area contributed by atoms with E-state index in [-0.39, 0.29) is 36.6 Å². The van der Waals surface area contributed by atoms with Gasteiger partial charge in [0.1, 0.15) is 5.69 Å². The zero-order chi connectivity index (χ0) is 14.4. The smallest absolute Gasteiger partial charge is 0.271 e. The molecule has 0 bridgehead atoms. The van der Waals surface area contributed by atoms with Crippen LogP contribution >= 0.6 is 0 Å². The molecule has 1 atom stereocenters. The molecule has 6 heteroatoms. The summed E-state index contributed by atoms with van der Waals surface area (Å²) in [6.45, 7) is 0.410. The van der Waals surface area contributed by atoms with Gasteiger partial charge in [-0.3, -0.25) is 9.59 Å². The van der Waals surface area contributed by atoms with Crippen molar-refractivity contribution in [3.63, 3.8) is 0 Å². The van der Waals surface area contributed by atoms with Crippen LogP contribution in [0.5, 0.6) is 0 Å². The quantitative estimate of drug-likeness (QED) is 0.643. The SMILES string of the molecule is O=C1CC(NC(=O)c2ncccc2C#CCCO)CN1. The number of carbonyl (C=O) groups is 2. The molecular formula is C14H15N3O3. The van der Waals surface area contributed by atoms with Gasteiger partial charge in [0.2, 0.25) is 5.91 Å². The molecular weight excluding hydrogens is 258 g/mol. The minimum absolute atomic E-state index is 0.0232. The zero-order valence-corrected chi connectivity index (χ0v) is 10.8. The van der Waals surface area contributed by atoms with E-state index in [9.17, 15) is 9.59 Å². The number of hydrogen-bond acceptors (Lipinski definition) is 4. The molecule has 20 heavy (non-hydrogen) atoms. The second kappa shape index (κ2) is 6.68. The Hall–Kier alpha value is -2.39. The number of carbonyl (C=O) groups excluding carboxylic acids is 2. The number of aromatic nitrogens is 1. The molecule has 0 spiro atoms. The van der Waals surface area contributed by atoms with Gasteiger partial charge in [-0.05, 0) is 12.1 Å². The van der Waals surface area contributed by atoms with E-state index in [0.717, 1.165) is 0 Å².